The Bertz CT molecular complexity index is 632. The molecular formula is C16H21ClN4. The summed E-state index contributed by atoms with van der Waals surface area (Å²) in [5, 5.41) is 3.77. The summed E-state index contributed by atoms with van der Waals surface area (Å²) < 4.78 is 0. The molecule has 0 atom stereocenters. The highest BCUT2D eigenvalue weighted by Crippen LogP contribution is 2.28. The molecule has 2 rings (SSSR count). The lowest BCUT2D eigenvalue weighted by Gasteiger charge is -2.20. The number of anilines is 3. The van der Waals surface area contributed by atoms with Gasteiger partial charge in [-0.15, -0.1) is 0 Å². The number of halogens is 1. The number of nitrogens with zero attached hydrogens (tertiary/aromatic N) is 3. The zero-order valence-corrected chi connectivity index (χ0v) is 13.9. The van der Waals surface area contributed by atoms with Crippen molar-refractivity contribution < 1.29 is 0 Å². The normalized spacial score (nSPS) is 11.3. The minimum Gasteiger partial charge on any atom is -0.376 e. The molecule has 0 spiro atoms. The maximum atomic E-state index is 6.12. The van der Waals surface area contributed by atoms with E-state index in [1.807, 2.05) is 32.3 Å². The molecule has 0 aliphatic rings. The summed E-state index contributed by atoms with van der Waals surface area (Å²) in [6.45, 7) is 6.20. The summed E-state index contributed by atoms with van der Waals surface area (Å²) >= 11 is 6.12. The molecule has 1 aromatic heterocycles. The van der Waals surface area contributed by atoms with Gasteiger partial charge in [0, 0.05) is 25.6 Å². The molecule has 4 nitrogen and oxygen atoms in total. The Morgan fingerprint density at radius 3 is 2.38 bits per heavy atom. The van der Waals surface area contributed by atoms with Crippen LogP contribution in [0.4, 0.5) is 17.2 Å². The maximum absolute atomic E-state index is 6.12. The molecule has 1 aromatic carbocycles. The number of rotatable bonds is 3. The van der Waals surface area contributed by atoms with Crippen LogP contribution >= 0.6 is 11.6 Å². The Morgan fingerprint density at radius 2 is 1.76 bits per heavy atom. The number of hydrogen-bond acceptors (Lipinski definition) is 4. The van der Waals surface area contributed by atoms with Crippen LogP contribution in [0.2, 0.25) is 5.15 Å². The van der Waals surface area contributed by atoms with Crippen LogP contribution in [0.5, 0.6) is 0 Å². The van der Waals surface area contributed by atoms with Crippen LogP contribution < -0.4 is 10.2 Å². The van der Waals surface area contributed by atoms with Crippen LogP contribution in [0.15, 0.2) is 30.3 Å². The molecule has 1 heterocycles. The average Bonchev–Trinajstić information content (AvgIpc) is 2.37. The van der Waals surface area contributed by atoms with Crippen molar-refractivity contribution in [3.63, 3.8) is 0 Å². The molecule has 0 saturated heterocycles. The summed E-state index contributed by atoms with van der Waals surface area (Å²) in [5.74, 6) is 1.43. The fourth-order valence-electron chi connectivity index (χ4n) is 1.92. The van der Waals surface area contributed by atoms with E-state index < -0.39 is 0 Å². The van der Waals surface area contributed by atoms with Crippen molar-refractivity contribution in [2.75, 3.05) is 24.3 Å². The monoisotopic (exact) mass is 304 g/mol. The van der Waals surface area contributed by atoms with E-state index in [0.29, 0.717) is 11.0 Å². The fourth-order valence-corrected chi connectivity index (χ4v) is 2.11. The topological polar surface area (TPSA) is 41.0 Å². The molecule has 0 saturated carbocycles. The quantitative estimate of drug-likeness (QED) is 0.861. The summed E-state index contributed by atoms with van der Waals surface area (Å²) in [6, 6.07) is 9.80. The number of para-hydroxylation sites is 2. The van der Waals surface area contributed by atoms with E-state index in [0.717, 1.165) is 17.2 Å². The SMILES string of the molecule is CN(C)c1ccccc1Nc1cc(Cl)nc(C(C)(C)C)n1. The Kier molecular flexibility index (Phi) is 4.37. The van der Waals surface area contributed by atoms with Gasteiger partial charge in [-0.2, -0.15) is 0 Å². The second kappa shape index (κ2) is 5.90. The smallest absolute Gasteiger partial charge is 0.137 e. The molecule has 0 radical (unpaired) electrons. The first-order valence-electron chi connectivity index (χ1n) is 6.86. The van der Waals surface area contributed by atoms with Crippen molar-refractivity contribution in [3.8, 4) is 0 Å². The van der Waals surface area contributed by atoms with Gasteiger partial charge in [-0.25, -0.2) is 9.97 Å². The van der Waals surface area contributed by atoms with Crippen LogP contribution in [0, 0.1) is 0 Å². The van der Waals surface area contributed by atoms with Crippen LogP contribution in [-0.4, -0.2) is 24.1 Å². The van der Waals surface area contributed by atoms with Crippen molar-refractivity contribution in [1.29, 1.82) is 0 Å². The fraction of sp³-hybridized carbons (Fsp3) is 0.375. The Hall–Kier alpha value is -1.81. The minimum absolute atomic E-state index is 0.150. The molecule has 0 bridgehead atoms. The van der Waals surface area contributed by atoms with E-state index in [1.54, 1.807) is 6.07 Å². The van der Waals surface area contributed by atoms with Crippen molar-refractivity contribution in [2.24, 2.45) is 0 Å². The van der Waals surface area contributed by atoms with E-state index in [9.17, 15) is 0 Å². The van der Waals surface area contributed by atoms with Gasteiger partial charge in [0.2, 0.25) is 0 Å². The van der Waals surface area contributed by atoms with Gasteiger partial charge in [-0.05, 0) is 12.1 Å². The minimum atomic E-state index is -0.150. The third-order valence-corrected chi connectivity index (χ3v) is 3.21. The van der Waals surface area contributed by atoms with E-state index in [4.69, 9.17) is 11.6 Å². The summed E-state index contributed by atoms with van der Waals surface area (Å²) in [7, 11) is 4.02. The highest BCUT2D eigenvalue weighted by molar-refractivity contribution is 6.29. The van der Waals surface area contributed by atoms with Gasteiger partial charge < -0.3 is 10.2 Å². The molecule has 1 N–H and O–H groups in total. The predicted octanol–water partition coefficient (Wildman–Crippen LogP) is 4.24. The molecule has 112 valence electrons. The highest BCUT2D eigenvalue weighted by atomic mass is 35.5. The van der Waals surface area contributed by atoms with Gasteiger partial charge in [-0.3, -0.25) is 0 Å². The Labute approximate surface area is 131 Å². The van der Waals surface area contributed by atoms with E-state index in [2.05, 4.69) is 47.0 Å². The molecule has 21 heavy (non-hydrogen) atoms. The third kappa shape index (κ3) is 3.85. The van der Waals surface area contributed by atoms with Gasteiger partial charge in [0.05, 0.1) is 11.4 Å². The summed E-state index contributed by atoms with van der Waals surface area (Å²) in [4.78, 5) is 10.9. The number of aromatic nitrogens is 2. The number of nitrogens with one attached hydrogen (secondary N) is 1. The molecular weight excluding hydrogens is 284 g/mol. The van der Waals surface area contributed by atoms with Crippen molar-refractivity contribution in [1.82, 2.24) is 9.97 Å². The first-order valence-corrected chi connectivity index (χ1v) is 7.23. The lowest BCUT2D eigenvalue weighted by atomic mass is 9.96. The van der Waals surface area contributed by atoms with Gasteiger partial charge in [0.25, 0.3) is 0 Å². The molecule has 0 unspecified atom stereocenters. The van der Waals surface area contributed by atoms with Crippen molar-refractivity contribution >= 4 is 28.8 Å². The molecule has 0 aliphatic heterocycles. The average molecular weight is 305 g/mol. The lowest BCUT2D eigenvalue weighted by Crippen LogP contribution is -2.17. The number of benzene rings is 1. The van der Waals surface area contributed by atoms with Crippen LogP contribution in [-0.2, 0) is 5.41 Å². The van der Waals surface area contributed by atoms with Crippen LogP contribution in [0.1, 0.15) is 26.6 Å². The van der Waals surface area contributed by atoms with Crippen molar-refractivity contribution in [2.45, 2.75) is 26.2 Å². The van der Waals surface area contributed by atoms with Gasteiger partial charge >= 0.3 is 0 Å². The molecule has 0 aliphatic carbocycles. The Morgan fingerprint density at radius 1 is 1.10 bits per heavy atom. The van der Waals surface area contributed by atoms with E-state index >= 15 is 0 Å². The molecule has 2 aromatic rings. The number of hydrogen-bond donors (Lipinski definition) is 1. The second-order valence-corrected chi connectivity index (χ2v) is 6.57. The first-order chi connectivity index (χ1) is 9.77. The summed E-state index contributed by atoms with van der Waals surface area (Å²) in [6.07, 6.45) is 0. The molecule has 0 amide bonds. The Balaban J connectivity index is 2.39. The molecule has 5 heteroatoms. The second-order valence-electron chi connectivity index (χ2n) is 6.19. The largest absolute Gasteiger partial charge is 0.376 e. The van der Waals surface area contributed by atoms with Gasteiger partial charge in [-0.1, -0.05) is 44.5 Å². The molecule has 0 fully saturated rings. The van der Waals surface area contributed by atoms with E-state index in [-0.39, 0.29) is 5.41 Å². The van der Waals surface area contributed by atoms with Gasteiger partial charge in [0.15, 0.2) is 0 Å². The first kappa shape index (κ1) is 15.6. The predicted molar refractivity (Wildman–Crippen MR) is 89.8 cm³/mol. The lowest BCUT2D eigenvalue weighted by molar-refractivity contribution is 0.546. The van der Waals surface area contributed by atoms with Crippen molar-refractivity contribution in [3.05, 3.63) is 41.3 Å². The maximum Gasteiger partial charge on any atom is 0.137 e. The standard InChI is InChI=1S/C16H21ClN4/c1-16(2,3)15-19-13(17)10-14(20-15)18-11-8-6-7-9-12(11)21(4)5/h6-10H,1-5H3,(H,18,19,20). The zero-order valence-electron chi connectivity index (χ0n) is 13.1. The van der Waals surface area contributed by atoms with Crippen LogP contribution in [0.25, 0.3) is 0 Å². The highest BCUT2D eigenvalue weighted by Gasteiger charge is 2.19. The zero-order chi connectivity index (χ0) is 15.6. The third-order valence-electron chi connectivity index (χ3n) is 3.01. The van der Waals surface area contributed by atoms with E-state index in [1.165, 1.54) is 0 Å². The van der Waals surface area contributed by atoms with Crippen LogP contribution in [0.3, 0.4) is 0 Å². The summed E-state index contributed by atoms with van der Waals surface area (Å²) in [5.41, 5.74) is 1.92. The van der Waals surface area contributed by atoms with Gasteiger partial charge in [0.1, 0.15) is 16.8 Å².